The van der Waals surface area contributed by atoms with Gasteiger partial charge in [0.1, 0.15) is 13.2 Å². The van der Waals surface area contributed by atoms with Gasteiger partial charge in [0.05, 0.1) is 0 Å². The second-order valence-electron chi connectivity index (χ2n) is 20.6. The Hall–Kier alpha value is -3.41. The van der Waals surface area contributed by atoms with Gasteiger partial charge in [0.15, 0.2) is 6.10 Å². The van der Waals surface area contributed by atoms with Crippen molar-refractivity contribution in [2.75, 3.05) is 13.2 Å². The number of ether oxygens (including phenoxy) is 3. The van der Waals surface area contributed by atoms with Gasteiger partial charge in [-0.2, -0.15) is 0 Å². The van der Waals surface area contributed by atoms with Crippen LogP contribution in [-0.2, 0) is 28.6 Å². The van der Waals surface area contributed by atoms with E-state index in [1.165, 1.54) is 148 Å². The average Bonchev–Trinajstić information content (AvgIpc) is 3.39. The first kappa shape index (κ1) is 69.6. The molecule has 0 N–H and O–H groups in total. The second-order valence-corrected chi connectivity index (χ2v) is 20.6. The van der Waals surface area contributed by atoms with Gasteiger partial charge in [0.2, 0.25) is 0 Å². The molecule has 6 nitrogen and oxygen atoms in total. The number of carbonyl (C=O) groups excluding carboxylic acids is 3. The Labute approximate surface area is 452 Å². The summed E-state index contributed by atoms with van der Waals surface area (Å²) in [6.45, 7) is 6.47. The number of esters is 3. The Morgan fingerprint density at radius 3 is 0.877 bits per heavy atom. The lowest BCUT2D eigenvalue weighted by molar-refractivity contribution is -0.167. The van der Waals surface area contributed by atoms with Crippen molar-refractivity contribution in [2.24, 2.45) is 0 Å². The van der Waals surface area contributed by atoms with Gasteiger partial charge in [-0.15, -0.1) is 0 Å². The molecule has 0 amide bonds. The fourth-order valence-electron chi connectivity index (χ4n) is 8.69. The third-order valence-electron chi connectivity index (χ3n) is 13.4. The average molecular weight is 1020 g/mol. The summed E-state index contributed by atoms with van der Waals surface area (Å²) in [6, 6.07) is 0. The van der Waals surface area contributed by atoms with Gasteiger partial charge in [-0.1, -0.05) is 254 Å². The molecule has 6 heteroatoms. The molecule has 0 spiro atoms. The molecule has 0 bridgehead atoms. The smallest absolute Gasteiger partial charge is 0.306 e. The highest BCUT2D eigenvalue weighted by atomic mass is 16.6. The van der Waals surface area contributed by atoms with Crippen LogP contribution < -0.4 is 0 Å². The highest BCUT2D eigenvalue weighted by Crippen LogP contribution is 2.16. The Kier molecular flexibility index (Phi) is 58.3. The molecule has 1 unspecified atom stereocenters. The molecular formula is C67H116O6. The Bertz CT molecular complexity index is 1400. The highest BCUT2D eigenvalue weighted by Gasteiger charge is 2.19. The molecule has 1 atom stereocenters. The number of carbonyl (C=O) groups is 3. The van der Waals surface area contributed by atoms with Crippen LogP contribution in [0, 0.1) is 0 Å². The van der Waals surface area contributed by atoms with Crippen LogP contribution in [0.2, 0.25) is 0 Å². The summed E-state index contributed by atoms with van der Waals surface area (Å²) in [6.07, 6.45) is 80.2. The zero-order valence-electron chi connectivity index (χ0n) is 48.1. The minimum atomic E-state index is -0.796. The van der Waals surface area contributed by atoms with Gasteiger partial charge in [0, 0.05) is 19.3 Å². The van der Waals surface area contributed by atoms with Crippen LogP contribution in [0.1, 0.15) is 303 Å². The van der Waals surface area contributed by atoms with E-state index in [9.17, 15) is 14.4 Å². The van der Waals surface area contributed by atoms with Crippen molar-refractivity contribution in [2.45, 2.75) is 309 Å². The van der Waals surface area contributed by atoms with E-state index in [4.69, 9.17) is 14.2 Å². The maximum Gasteiger partial charge on any atom is 0.306 e. The SMILES string of the molecule is CC/C=C\C/C=C\C/C=C\CCCCCC(=O)OCC(COC(=O)CCCCCCCCCCCCCCCCC/C=C\C/C=C\CCCCCCC)OC(=O)CCCCCCC/C=C\C/C=C\CCCCC. The molecule has 0 fully saturated rings. The van der Waals surface area contributed by atoms with Crippen molar-refractivity contribution in [1.29, 1.82) is 0 Å². The molecule has 420 valence electrons. The fraction of sp³-hybridized carbons (Fsp3) is 0.746. The standard InChI is InChI=1S/C67H116O6/c1-4-7-10-13-16-19-22-25-27-28-29-30-31-32-33-34-35-36-37-38-40-42-45-48-51-54-57-60-66(69)72-63-64(62-71-65(68)59-56-53-50-47-44-41-24-21-18-15-12-9-6-3)73-67(70)61-58-55-52-49-46-43-39-26-23-20-17-14-11-8-5-2/h9,12,17-18,20-22,25-26,28-29,39,41,44,64H,4-8,10-11,13-16,19,23-24,27,30-38,40,42-43,45-63H2,1-3H3/b12-9-,20-17-,21-18-,25-22-,29-28-,39-26-,44-41-. The first-order valence-corrected chi connectivity index (χ1v) is 31.1. The summed E-state index contributed by atoms with van der Waals surface area (Å²) < 4.78 is 16.9. The van der Waals surface area contributed by atoms with Crippen LogP contribution in [-0.4, -0.2) is 37.2 Å². The molecule has 0 aliphatic carbocycles. The van der Waals surface area contributed by atoms with Crippen molar-refractivity contribution in [3.05, 3.63) is 85.1 Å². The minimum absolute atomic E-state index is 0.0906. The Morgan fingerprint density at radius 1 is 0.288 bits per heavy atom. The molecule has 0 aromatic heterocycles. The Morgan fingerprint density at radius 2 is 0.534 bits per heavy atom. The van der Waals surface area contributed by atoms with Crippen LogP contribution >= 0.6 is 0 Å². The van der Waals surface area contributed by atoms with Crippen LogP contribution in [0.15, 0.2) is 85.1 Å². The lowest BCUT2D eigenvalue weighted by Gasteiger charge is -2.18. The second kappa shape index (κ2) is 61.1. The van der Waals surface area contributed by atoms with Crippen molar-refractivity contribution in [3.63, 3.8) is 0 Å². The van der Waals surface area contributed by atoms with Crippen LogP contribution in [0.4, 0.5) is 0 Å². The molecule has 0 radical (unpaired) electrons. The lowest BCUT2D eigenvalue weighted by Crippen LogP contribution is -2.30. The Balaban J connectivity index is 4.26. The third-order valence-corrected chi connectivity index (χ3v) is 13.4. The molecule has 0 aromatic carbocycles. The molecule has 0 heterocycles. The molecular weight excluding hydrogens is 901 g/mol. The number of allylic oxidation sites excluding steroid dienone is 14. The van der Waals surface area contributed by atoms with Crippen LogP contribution in [0.5, 0.6) is 0 Å². The van der Waals surface area contributed by atoms with Crippen LogP contribution in [0.3, 0.4) is 0 Å². The quantitative estimate of drug-likeness (QED) is 0.0261. The van der Waals surface area contributed by atoms with Crippen molar-refractivity contribution in [3.8, 4) is 0 Å². The van der Waals surface area contributed by atoms with E-state index in [1.807, 2.05) is 0 Å². The van der Waals surface area contributed by atoms with Gasteiger partial charge < -0.3 is 14.2 Å². The number of rotatable bonds is 56. The summed E-state index contributed by atoms with van der Waals surface area (Å²) in [5, 5.41) is 0. The summed E-state index contributed by atoms with van der Waals surface area (Å²) in [7, 11) is 0. The number of unbranched alkanes of at least 4 members (excludes halogenated alkanes) is 31. The molecule has 0 saturated carbocycles. The topological polar surface area (TPSA) is 78.9 Å². The number of hydrogen-bond donors (Lipinski definition) is 0. The molecule has 0 saturated heterocycles. The van der Waals surface area contributed by atoms with Gasteiger partial charge in [-0.3, -0.25) is 14.4 Å². The van der Waals surface area contributed by atoms with E-state index in [0.29, 0.717) is 19.3 Å². The fourth-order valence-corrected chi connectivity index (χ4v) is 8.69. The summed E-state index contributed by atoms with van der Waals surface area (Å²) >= 11 is 0. The summed E-state index contributed by atoms with van der Waals surface area (Å²) in [5.41, 5.74) is 0. The summed E-state index contributed by atoms with van der Waals surface area (Å²) in [4.78, 5) is 38.2. The highest BCUT2D eigenvalue weighted by molar-refractivity contribution is 5.71. The molecule has 0 aliphatic rings. The van der Waals surface area contributed by atoms with Crippen molar-refractivity contribution < 1.29 is 28.6 Å². The van der Waals surface area contributed by atoms with Crippen molar-refractivity contribution >= 4 is 17.9 Å². The van der Waals surface area contributed by atoms with Crippen LogP contribution in [0.25, 0.3) is 0 Å². The van der Waals surface area contributed by atoms with E-state index in [0.717, 1.165) is 116 Å². The molecule has 0 aromatic rings. The lowest BCUT2D eigenvalue weighted by atomic mass is 10.0. The minimum Gasteiger partial charge on any atom is -0.462 e. The molecule has 0 aliphatic heterocycles. The van der Waals surface area contributed by atoms with Gasteiger partial charge >= 0.3 is 17.9 Å². The monoisotopic (exact) mass is 1020 g/mol. The summed E-state index contributed by atoms with van der Waals surface area (Å²) in [5.74, 6) is -0.927. The zero-order chi connectivity index (χ0) is 52.9. The first-order valence-electron chi connectivity index (χ1n) is 31.1. The van der Waals surface area contributed by atoms with Gasteiger partial charge in [-0.05, 0) is 116 Å². The molecule has 73 heavy (non-hydrogen) atoms. The maximum atomic E-state index is 12.9. The third kappa shape index (κ3) is 59.3. The maximum absolute atomic E-state index is 12.9. The largest absolute Gasteiger partial charge is 0.462 e. The normalized spacial score (nSPS) is 12.6. The van der Waals surface area contributed by atoms with E-state index >= 15 is 0 Å². The van der Waals surface area contributed by atoms with Gasteiger partial charge in [-0.25, -0.2) is 0 Å². The predicted octanol–water partition coefficient (Wildman–Crippen LogP) is 21.1. The van der Waals surface area contributed by atoms with Crippen molar-refractivity contribution in [1.82, 2.24) is 0 Å². The number of hydrogen-bond acceptors (Lipinski definition) is 6. The zero-order valence-corrected chi connectivity index (χ0v) is 48.1. The molecule has 0 rings (SSSR count). The van der Waals surface area contributed by atoms with E-state index in [1.54, 1.807) is 0 Å². The predicted molar refractivity (Wildman–Crippen MR) is 316 cm³/mol. The van der Waals surface area contributed by atoms with Gasteiger partial charge in [0.25, 0.3) is 0 Å². The van der Waals surface area contributed by atoms with E-state index in [2.05, 4.69) is 106 Å². The first-order chi connectivity index (χ1) is 36.0. The van der Waals surface area contributed by atoms with E-state index < -0.39 is 6.10 Å². The van der Waals surface area contributed by atoms with E-state index in [-0.39, 0.29) is 31.1 Å².